The van der Waals surface area contributed by atoms with Crippen LogP contribution in [0.5, 0.6) is 0 Å². The maximum absolute atomic E-state index is 9.48. The molecule has 4 heteroatoms. The highest BCUT2D eigenvalue weighted by Crippen LogP contribution is 2.24. The predicted octanol–water partition coefficient (Wildman–Crippen LogP) is 0.757. The van der Waals surface area contributed by atoms with Gasteiger partial charge in [-0.15, -0.1) is 0 Å². The van der Waals surface area contributed by atoms with Gasteiger partial charge in [-0.2, -0.15) is 0 Å². The third kappa shape index (κ3) is 3.99. The molecule has 3 nitrogen and oxygen atoms in total. The molecule has 2 N–H and O–H groups in total. The highest BCUT2D eigenvalue weighted by Gasteiger charge is 2.33. The zero-order valence-corrected chi connectivity index (χ0v) is 9.50. The third-order valence-corrected chi connectivity index (χ3v) is 2.34. The van der Waals surface area contributed by atoms with E-state index in [0.717, 1.165) is 6.42 Å². The topological polar surface area (TPSA) is 41.5 Å². The minimum atomic E-state index is -1.18. The van der Waals surface area contributed by atoms with Gasteiger partial charge in [0.15, 0.2) is 0 Å². The number of rotatable bonds is 2. The van der Waals surface area contributed by atoms with Crippen LogP contribution in [0.1, 0.15) is 40.5 Å². The Kier molecular flexibility index (Phi) is 3.29. The summed E-state index contributed by atoms with van der Waals surface area (Å²) in [6.07, 6.45) is 1.42. The van der Waals surface area contributed by atoms with Crippen molar-refractivity contribution in [3.63, 3.8) is 0 Å². The maximum atomic E-state index is 9.48. The molecule has 0 bridgehead atoms. The molecule has 3 unspecified atom stereocenters. The lowest BCUT2D eigenvalue weighted by Gasteiger charge is -2.42. The van der Waals surface area contributed by atoms with Gasteiger partial charge >= 0.3 is 0 Å². The van der Waals surface area contributed by atoms with E-state index < -0.39 is 5.50 Å². The molecule has 1 saturated heterocycles. The third-order valence-electron chi connectivity index (χ3n) is 2.34. The second kappa shape index (κ2) is 3.84. The average molecular weight is 197 g/mol. The molecule has 0 aromatic carbocycles. The van der Waals surface area contributed by atoms with Crippen LogP contribution in [0.25, 0.3) is 0 Å². The zero-order valence-electron chi connectivity index (χ0n) is 9.50. The van der Waals surface area contributed by atoms with Gasteiger partial charge in [0.1, 0.15) is 14.1 Å². The summed E-state index contributed by atoms with van der Waals surface area (Å²) in [6, 6.07) is 0. The van der Waals surface area contributed by atoms with Gasteiger partial charge in [-0.3, -0.25) is 5.32 Å². The van der Waals surface area contributed by atoms with Crippen molar-refractivity contribution < 1.29 is 9.84 Å². The number of aliphatic hydroxyl groups is 1. The number of ether oxygens (including phenoxy) is 1. The molecule has 0 spiro atoms. The average Bonchev–Trinajstić information content (AvgIpc) is 1.74. The standard InChI is InChI=1S/C10H20BNO2/c1-7-5-9(2,3)12-8(14-7)6-10(4,11)13/h7-8,12-13H,5-6H2,1-4H3. The van der Waals surface area contributed by atoms with E-state index in [2.05, 4.69) is 19.2 Å². The van der Waals surface area contributed by atoms with Crippen molar-refractivity contribution in [2.45, 2.75) is 63.9 Å². The van der Waals surface area contributed by atoms with Crippen LogP contribution < -0.4 is 5.32 Å². The van der Waals surface area contributed by atoms with Gasteiger partial charge in [0.2, 0.25) is 0 Å². The molecule has 0 aromatic rings. The smallest absolute Gasteiger partial charge is 0.113 e. The van der Waals surface area contributed by atoms with E-state index in [1.807, 2.05) is 6.92 Å². The first-order valence-corrected chi connectivity index (χ1v) is 5.12. The molecular weight excluding hydrogens is 177 g/mol. The van der Waals surface area contributed by atoms with Crippen LogP contribution in [0.15, 0.2) is 0 Å². The van der Waals surface area contributed by atoms with Crippen LogP contribution in [0.4, 0.5) is 0 Å². The van der Waals surface area contributed by atoms with Crippen molar-refractivity contribution in [2.75, 3.05) is 0 Å². The van der Waals surface area contributed by atoms with E-state index in [9.17, 15) is 5.11 Å². The molecule has 80 valence electrons. The second-order valence-electron chi connectivity index (χ2n) is 5.23. The Morgan fingerprint density at radius 2 is 2.21 bits per heavy atom. The summed E-state index contributed by atoms with van der Waals surface area (Å²) < 4.78 is 5.65. The molecule has 2 radical (unpaired) electrons. The van der Waals surface area contributed by atoms with Gasteiger partial charge in [0.25, 0.3) is 0 Å². The first kappa shape index (κ1) is 12.0. The van der Waals surface area contributed by atoms with E-state index in [-0.39, 0.29) is 17.9 Å². The predicted molar refractivity (Wildman–Crippen MR) is 57.2 cm³/mol. The minimum Gasteiger partial charge on any atom is -0.400 e. The lowest BCUT2D eigenvalue weighted by molar-refractivity contribution is -0.106. The van der Waals surface area contributed by atoms with Crippen molar-refractivity contribution in [3.05, 3.63) is 0 Å². The fourth-order valence-corrected chi connectivity index (χ4v) is 2.05. The van der Waals surface area contributed by atoms with E-state index in [1.165, 1.54) is 0 Å². The van der Waals surface area contributed by atoms with Gasteiger partial charge in [-0.25, -0.2) is 0 Å². The molecule has 1 fully saturated rings. The lowest BCUT2D eigenvalue weighted by atomic mass is 9.79. The van der Waals surface area contributed by atoms with Gasteiger partial charge in [0.05, 0.1) is 6.10 Å². The van der Waals surface area contributed by atoms with Crippen LogP contribution in [-0.4, -0.2) is 36.3 Å². The van der Waals surface area contributed by atoms with E-state index in [0.29, 0.717) is 6.42 Å². The summed E-state index contributed by atoms with van der Waals surface area (Å²) in [5.74, 6) is 0. The van der Waals surface area contributed by atoms with Crippen LogP contribution in [0, 0.1) is 0 Å². The van der Waals surface area contributed by atoms with Crippen molar-refractivity contribution in [2.24, 2.45) is 0 Å². The van der Waals surface area contributed by atoms with E-state index in [4.69, 9.17) is 12.6 Å². The second-order valence-corrected chi connectivity index (χ2v) is 5.23. The van der Waals surface area contributed by atoms with Crippen LogP contribution in [0.3, 0.4) is 0 Å². The van der Waals surface area contributed by atoms with E-state index >= 15 is 0 Å². The SMILES string of the molecule is [B]C(C)(O)CC1NC(C)(C)CC(C)O1. The highest BCUT2D eigenvalue weighted by atomic mass is 16.5. The Labute approximate surface area is 87.6 Å². The summed E-state index contributed by atoms with van der Waals surface area (Å²) in [7, 11) is 5.54. The van der Waals surface area contributed by atoms with Crippen molar-refractivity contribution in [1.82, 2.24) is 5.32 Å². The number of hydrogen-bond acceptors (Lipinski definition) is 3. The highest BCUT2D eigenvalue weighted by molar-refractivity contribution is 6.13. The van der Waals surface area contributed by atoms with Gasteiger partial charge in [-0.05, 0) is 34.1 Å². The van der Waals surface area contributed by atoms with Crippen molar-refractivity contribution in [3.8, 4) is 0 Å². The number of hydrogen-bond donors (Lipinski definition) is 2. The Hall–Kier alpha value is -0.0551. The molecule has 0 saturated carbocycles. The fourth-order valence-electron chi connectivity index (χ4n) is 2.05. The molecule has 1 rings (SSSR count). The molecule has 1 aliphatic rings. The van der Waals surface area contributed by atoms with Crippen LogP contribution in [0.2, 0.25) is 0 Å². The first-order chi connectivity index (χ1) is 6.18. The summed E-state index contributed by atoms with van der Waals surface area (Å²) in [5.41, 5.74) is -1.13. The van der Waals surface area contributed by atoms with Crippen molar-refractivity contribution in [1.29, 1.82) is 0 Å². The molecule has 1 aliphatic heterocycles. The lowest BCUT2D eigenvalue weighted by Crippen LogP contribution is -2.56. The van der Waals surface area contributed by atoms with Crippen LogP contribution >= 0.6 is 0 Å². The Morgan fingerprint density at radius 1 is 1.64 bits per heavy atom. The molecule has 0 amide bonds. The zero-order chi connectivity index (χ0) is 11.0. The van der Waals surface area contributed by atoms with Crippen LogP contribution in [-0.2, 0) is 4.74 Å². The molecule has 0 aliphatic carbocycles. The molecular formula is C10H20BNO2. The largest absolute Gasteiger partial charge is 0.400 e. The minimum absolute atomic E-state index is 0.0492. The molecule has 14 heavy (non-hydrogen) atoms. The fraction of sp³-hybridized carbons (Fsp3) is 1.00. The first-order valence-electron chi connectivity index (χ1n) is 5.12. The summed E-state index contributed by atoms with van der Waals surface area (Å²) in [6.45, 7) is 7.89. The quantitative estimate of drug-likeness (QED) is 0.642. The van der Waals surface area contributed by atoms with Gasteiger partial charge < -0.3 is 9.84 Å². The normalized spacial score (nSPS) is 36.4. The molecule has 0 aromatic heterocycles. The Bertz CT molecular complexity index is 199. The van der Waals surface area contributed by atoms with Crippen molar-refractivity contribution >= 4 is 7.85 Å². The Morgan fingerprint density at radius 3 is 2.64 bits per heavy atom. The monoisotopic (exact) mass is 197 g/mol. The summed E-state index contributed by atoms with van der Waals surface area (Å²) in [5, 5.41) is 12.8. The summed E-state index contributed by atoms with van der Waals surface area (Å²) >= 11 is 0. The van der Waals surface area contributed by atoms with Gasteiger partial charge in [-0.1, -0.05) is 0 Å². The van der Waals surface area contributed by atoms with Gasteiger partial charge in [0, 0.05) is 17.5 Å². The van der Waals surface area contributed by atoms with E-state index in [1.54, 1.807) is 6.92 Å². The number of nitrogens with one attached hydrogen (secondary N) is 1. The maximum Gasteiger partial charge on any atom is 0.113 e. The Balaban J connectivity index is 2.54. The summed E-state index contributed by atoms with van der Waals surface area (Å²) in [4.78, 5) is 0. The molecule has 3 atom stereocenters. The molecule has 1 heterocycles.